The maximum atomic E-state index is 2.54. The summed E-state index contributed by atoms with van der Waals surface area (Å²) >= 11 is 0. The van der Waals surface area contributed by atoms with Crippen LogP contribution in [-0.4, -0.2) is 0 Å². The quantitative estimate of drug-likeness (QED) is 0.390. The Bertz CT molecular complexity index is 325. The van der Waals surface area contributed by atoms with Gasteiger partial charge in [0.2, 0.25) is 0 Å². The summed E-state index contributed by atoms with van der Waals surface area (Å²) in [6.45, 7) is 22.2. The lowest BCUT2D eigenvalue weighted by molar-refractivity contribution is 0.102. The molecule has 0 aliphatic heterocycles. The molecule has 5 unspecified atom stereocenters. The molecule has 1 aliphatic rings. The minimum absolute atomic E-state index is 0.487. The summed E-state index contributed by atoms with van der Waals surface area (Å²) in [6.07, 6.45) is 8.41. The maximum absolute atomic E-state index is 2.54. The van der Waals surface area contributed by atoms with Gasteiger partial charge in [0.15, 0.2) is 0 Å². The van der Waals surface area contributed by atoms with Crippen LogP contribution < -0.4 is 0 Å². The van der Waals surface area contributed by atoms with Gasteiger partial charge in [-0.05, 0) is 53.3 Å². The van der Waals surface area contributed by atoms with Gasteiger partial charge in [0, 0.05) is 0 Å². The van der Waals surface area contributed by atoms with Gasteiger partial charge >= 0.3 is 0 Å². The Morgan fingerprint density at radius 3 is 2.05 bits per heavy atom. The second-order valence-electron chi connectivity index (χ2n) is 9.82. The second-order valence-corrected chi connectivity index (χ2v) is 9.82. The first kappa shape index (κ1) is 20.0. The van der Waals surface area contributed by atoms with Gasteiger partial charge in [0.25, 0.3) is 0 Å². The topological polar surface area (TPSA) is 0 Å². The van der Waals surface area contributed by atoms with Crippen molar-refractivity contribution in [3.8, 4) is 0 Å². The minimum Gasteiger partial charge on any atom is -0.0651 e. The third-order valence-corrected chi connectivity index (χ3v) is 7.76. The van der Waals surface area contributed by atoms with Crippen molar-refractivity contribution in [1.82, 2.24) is 0 Å². The van der Waals surface area contributed by atoms with Crippen LogP contribution >= 0.6 is 0 Å². The monoisotopic (exact) mass is 308 g/mol. The Balaban J connectivity index is 2.52. The molecule has 132 valence electrons. The molecule has 1 aliphatic carbocycles. The molecule has 0 bridgehead atoms. The highest BCUT2D eigenvalue weighted by Gasteiger charge is 2.52. The van der Waals surface area contributed by atoms with E-state index in [9.17, 15) is 0 Å². The molecule has 0 nitrogen and oxygen atoms in total. The van der Waals surface area contributed by atoms with Crippen molar-refractivity contribution >= 4 is 0 Å². The van der Waals surface area contributed by atoms with Gasteiger partial charge < -0.3 is 0 Å². The fourth-order valence-corrected chi connectivity index (χ4v) is 4.49. The lowest BCUT2D eigenvalue weighted by Crippen LogP contribution is -2.31. The molecule has 0 amide bonds. The fraction of sp³-hybridized carbons (Fsp3) is 1.00. The van der Waals surface area contributed by atoms with Crippen LogP contribution in [0.25, 0.3) is 0 Å². The number of rotatable bonds is 10. The summed E-state index contributed by atoms with van der Waals surface area (Å²) in [5.41, 5.74) is 1.04. The van der Waals surface area contributed by atoms with E-state index in [1.807, 2.05) is 0 Å². The van der Waals surface area contributed by atoms with E-state index in [2.05, 4.69) is 62.3 Å². The molecular weight excluding hydrogens is 264 g/mol. The molecule has 0 saturated heterocycles. The summed E-state index contributed by atoms with van der Waals surface area (Å²) in [5.74, 6) is 4.55. The third kappa shape index (κ3) is 4.75. The molecule has 0 radical (unpaired) electrons. The van der Waals surface area contributed by atoms with E-state index in [4.69, 9.17) is 0 Å². The van der Waals surface area contributed by atoms with Crippen molar-refractivity contribution in [3.05, 3.63) is 0 Å². The zero-order valence-electron chi connectivity index (χ0n) is 17.1. The lowest BCUT2D eigenvalue weighted by Gasteiger charge is -2.39. The highest BCUT2D eigenvalue weighted by molar-refractivity contribution is 5.01. The molecule has 1 saturated carbocycles. The molecule has 0 aromatic carbocycles. The van der Waals surface area contributed by atoms with Crippen molar-refractivity contribution < 1.29 is 0 Å². The van der Waals surface area contributed by atoms with E-state index in [1.165, 1.54) is 38.5 Å². The van der Waals surface area contributed by atoms with Crippen LogP contribution in [0.1, 0.15) is 101 Å². The van der Waals surface area contributed by atoms with Gasteiger partial charge in [-0.3, -0.25) is 0 Å². The Labute approximate surface area is 141 Å². The zero-order valence-corrected chi connectivity index (χ0v) is 17.1. The van der Waals surface area contributed by atoms with Crippen LogP contribution in [0.2, 0.25) is 0 Å². The van der Waals surface area contributed by atoms with E-state index in [1.54, 1.807) is 0 Å². The Morgan fingerprint density at radius 1 is 0.955 bits per heavy atom. The summed E-state index contributed by atoms with van der Waals surface area (Å²) in [5, 5.41) is 0. The van der Waals surface area contributed by atoms with Crippen LogP contribution in [0.3, 0.4) is 0 Å². The van der Waals surface area contributed by atoms with Gasteiger partial charge in [-0.25, -0.2) is 0 Å². The lowest BCUT2D eigenvalue weighted by atomic mass is 9.66. The standard InChI is InChI=1S/C22H44/c1-10-16(3)13-12-14-21(6,7)20-15-19(20)18(5)22(8,9)17(4)11-2/h16-20H,10-15H2,1-9H3. The van der Waals surface area contributed by atoms with E-state index < -0.39 is 0 Å². The van der Waals surface area contributed by atoms with Crippen molar-refractivity contribution in [2.75, 3.05) is 0 Å². The number of hydrogen-bond acceptors (Lipinski definition) is 0. The molecule has 0 N–H and O–H groups in total. The fourth-order valence-electron chi connectivity index (χ4n) is 4.49. The van der Waals surface area contributed by atoms with E-state index in [0.29, 0.717) is 10.8 Å². The SMILES string of the molecule is CCC(C)CCCC(C)(C)C1CC1C(C)C(C)(C)C(C)CC. The second kappa shape index (κ2) is 7.71. The van der Waals surface area contributed by atoms with Gasteiger partial charge in [-0.1, -0.05) is 88.0 Å². The van der Waals surface area contributed by atoms with Crippen LogP contribution in [0.5, 0.6) is 0 Å². The Kier molecular flexibility index (Phi) is 7.03. The van der Waals surface area contributed by atoms with E-state index >= 15 is 0 Å². The van der Waals surface area contributed by atoms with Gasteiger partial charge in [0.1, 0.15) is 0 Å². The van der Waals surface area contributed by atoms with Crippen molar-refractivity contribution in [3.63, 3.8) is 0 Å². The van der Waals surface area contributed by atoms with E-state index in [0.717, 1.165) is 29.6 Å². The average Bonchev–Trinajstić information content (AvgIpc) is 3.25. The molecule has 1 rings (SSSR count). The molecule has 0 heterocycles. The molecule has 5 atom stereocenters. The van der Waals surface area contributed by atoms with Crippen molar-refractivity contribution in [2.45, 2.75) is 101 Å². The normalized spacial score (nSPS) is 26.6. The van der Waals surface area contributed by atoms with Gasteiger partial charge in [0.05, 0.1) is 0 Å². The van der Waals surface area contributed by atoms with Crippen LogP contribution in [0.15, 0.2) is 0 Å². The molecule has 0 spiro atoms. The summed E-state index contributed by atoms with van der Waals surface area (Å²) in [4.78, 5) is 0. The Hall–Kier alpha value is 0. The first-order chi connectivity index (χ1) is 10.1. The summed E-state index contributed by atoms with van der Waals surface area (Å²) in [7, 11) is 0. The minimum atomic E-state index is 0.487. The van der Waals surface area contributed by atoms with Crippen LogP contribution in [-0.2, 0) is 0 Å². The summed E-state index contributed by atoms with van der Waals surface area (Å²) in [6, 6.07) is 0. The van der Waals surface area contributed by atoms with Crippen molar-refractivity contribution in [2.24, 2.45) is 40.4 Å². The molecule has 0 heteroatoms. The van der Waals surface area contributed by atoms with Crippen molar-refractivity contribution in [1.29, 1.82) is 0 Å². The first-order valence-corrected chi connectivity index (χ1v) is 10.1. The molecule has 0 aromatic heterocycles. The number of hydrogen-bond donors (Lipinski definition) is 0. The zero-order chi connectivity index (χ0) is 17.1. The van der Waals surface area contributed by atoms with Crippen LogP contribution in [0, 0.1) is 40.4 Å². The highest BCUT2D eigenvalue weighted by atomic mass is 14.6. The molecule has 1 fully saturated rings. The largest absolute Gasteiger partial charge is 0.0651 e. The average molecular weight is 309 g/mol. The smallest absolute Gasteiger partial charge is 0.0300 e. The van der Waals surface area contributed by atoms with Gasteiger partial charge in [-0.15, -0.1) is 0 Å². The molecule has 22 heavy (non-hydrogen) atoms. The van der Waals surface area contributed by atoms with E-state index in [-0.39, 0.29) is 0 Å². The maximum Gasteiger partial charge on any atom is -0.0300 e. The van der Waals surface area contributed by atoms with Gasteiger partial charge in [-0.2, -0.15) is 0 Å². The Morgan fingerprint density at radius 2 is 1.55 bits per heavy atom. The predicted octanol–water partition coefficient (Wildman–Crippen LogP) is 7.57. The summed E-state index contributed by atoms with van der Waals surface area (Å²) < 4.78 is 0. The van der Waals surface area contributed by atoms with Crippen LogP contribution in [0.4, 0.5) is 0 Å². The predicted molar refractivity (Wildman–Crippen MR) is 101 cm³/mol. The highest BCUT2D eigenvalue weighted by Crippen LogP contribution is 2.60. The molecule has 0 aromatic rings. The molecular formula is C22H44. The first-order valence-electron chi connectivity index (χ1n) is 10.1. The third-order valence-electron chi connectivity index (χ3n) is 7.76.